The molecule has 0 aliphatic carbocycles. The van der Waals surface area contributed by atoms with E-state index in [0.29, 0.717) is 16.6 Å². The molecule has 11 heteroatoms. The van der Waals surface area contributed by atoms with Crippen molar-refractivity contribution in [3.8, 4) is 0 Å². The van der Waals surface area contributed by atoms with E-state index in [1.165, 1.54) is 35.6 Å². The van der Waals surface area contributed by atoms with Crippen molar-refractivity contribution in [2.45, 2.75) is 19.3 Å². The fourth-order valence-corrected chi connectivity index (χ4v) is 4.26. The number of rotatable bonds is 5. The number of hydrogen-bond acceptors (Lipinski definition) is 7. The number of nitro groups is 1. The summed E-state index contributed by atoms with van der Waals surface area (Å²) in [7, 11) is 0. The minimum absolute atomic E-state index is 0.0395. The monoisotopic (exact) mass is 457 g/mol. The molecule has 31 heavy (non-hydrogen) atoms. The van der Waals surface area contributed by atoms with E-state index in [1.54, 1.807) is 11.0 Å². The molecule has 0 bridgehead atoms. The average Bonchev–Trinajstić information content (AvgIpc) is 3.36. The van der Waals surface area contributed by atoms with Crippen LogP contribution < -0.4 is 10.2 Å². The van der Waals surface area contributed by atoms with E-state index in [9.17, 15) is 19.7 Å². The first kappa shape index (κ1) is 20.9. The van der Waals surface area contributed by atoms with Crippen molar-refractivity contribution in [2.24, 2.45) is 0 Å². The number of aryl methyl sites for hydroxylation is 1. The van der Waals surface area contributed by atoms with Crippen LogP contribution in [0.4, 0.5) is 16.5 Å². The number of carbonyl (C=O) groups is 2. The summed E-state index contributed by atoms with van der Waals surface area (Å²) in [6, 6.07) is 10.9. The molecular weight excluding hydrogens is 442 g/mol. The number of amides is 2. The number of nitro benzene ring substituents is 1. The zero-order valence-electron chi connectivity index (χ0n) is 16.2. The fourth-order valence-electron chi connectivity index (χ4n) is 3.25. The molecule has 0 saturated carbocycles. The van der Waals surface area contributed by atoms with Gasteiger partial charge >= 0.3 is 0 Å². The third-order valence-corrected chi connectivity index (χ3v) is 6.33. The molecule has 2 amide bonds. The van der Waals surface area contributed by atoms with Gasteiger partial charge in [0.1, 0.15) is 5.01 Å². The summed E-state index contributed by atoms with van der Waals surface area (Å²) >= 11 is 7.36. The summed E-state index contributed by atoms with van der Waals surface area (Å²) in [6.45, 7) is 2.33. The van der Waals surface area contributed by atoms with Gasteiger partial charge in [-0.05, 0) is 30.7 Å². The van der Waals surface area contributed by atoms with Crippen molar-refractivity contribution in [1.29, 1.82) is 0 Å². The predicted molar refractivity (Wildman–Crippen MR) is 117 cm³/mol. The molecule has 3 aromatic rings. The first-order valence-electron chi connectivity index (χ1n) is 9.27. The average molecular weight is 458 g/mol. The molecule has 2 heterocycles. The first-order chi connectivity index (χ1) is 14.8. The van der Waals surface area contributed by atoms with Gasteiger partial charge < -0.3 is 4.90 Å². The van der Waals surface area contributed by atoms with Crippen LogP contribution in [-0.2, 0) is 4.79 Å². The highest BCUT2D eigenvalue weighted by molar-refractivity contribution is 7.15. The van der Waals surface area contributed by atoms with Crippen LogP contribution >= 0.6 is 22.9 Å². The molecule has 9 nitrogen and oxygen atoms in total. The van der Waals surface area contributed by atoms with Gasteiger partial charge in [-0.1, -0.05) is 35.1 Å². The maximum absolute atomic E-state index is 12.5. The molecule has 1 fully saturated rings. The first-order valence-corrected chi connectivity index (χ1v) is 10.5. The van der Waals surface area contributed by atoms with Gasteiger partial charge in [-0.3, -0.25) is 25.0 Å². The Kier molecular flexibility index (Phi) is 5.66. The van der Waals surface area contributed by atoms with Crippen molar-refractivity contribution < 1.29 is 14.5 Å². The summed E-state index contributed by atoms with van der Waals surface area (Å²) in [6.07, 6.45) is 0.277. The highest BCUT2D eigenvalue weighted by Gasteiger charge is 2.34. The van der Waals surface area contributed by atoms with E-state index in [1.807, 2.05) is 19.1 Å². The Hall–Kier alpha value is -3.37. The van der Waals surface area contributed by atoms with E-state index in [-0.39, 0.29) is 34.6 Å². The van der Waals surface area contributed by atoms with Crippen molar-refractivity contribution >= 4 is 51.3 Å². The maximum Gasteiger partial charge on any atom is 0.270 e. The second kappa shape index (κ2) is 8.40. The van der Waals surface area contributed by atoms with Crippen LogP contribution in [0.1, 0.15) is 33.3 Å². The Morgan fingerprint density at radius 3 is 2.84 bits per heavy atom. The van der Waals surface area contributed by atoms with E-state index in [4.69, 9.17) is 11.6 Å². The predicted octanol–water partition coefficient (Wildman–Crippen LogP) is 4.18. The number of anilines is 2. The quantitative estimate of drug-likeness (QED) is 0.453. The Morgan fingerprint density at radius 1 is 1.29 bits per heavy atom. The summed E-state index contributed by atoms with van der Waals surface area (Å²) in [5.41, 5.74) is 1.63. The zero-order chi connectivity index (χ0) is 22.1. The van der Waals surface area contributed by atoms with Crippen LogP contribution in [0.3, 0.4) is 0 Å². The number of halogens is 1. The molecule has 1 unspecified atom stereocenters. The molecule has 4 rings (SSSR count). The summed E-state index contributed by atoms with van der Waals surface area (Å²) in [5.74, 6) is -0.722. The largest absolute Gasteiger partial charge is 0.312 e. The normalized spacial score (nSPS) is 15.9. The Labute approximate surface area is 185 Å². The van der Waals surface area contributed by atoms with E-state index >= 15 is 0 Å². The van der Waals surface area contributed by atoms with Crippen LogP contribution in [0.2, 0.25) is 5.02 Å². The van der Waals surface area contributed by atoms with E-state index in [2.05, 4.69) is 15.5 Å². The maximum atomic E-state index is 12.5. The van der Waals surface area contributed by atoms with Gasteiger partial charge in [-0.25, -0.2) is 0 Å². The van der Waals surface area contributed by atoms with Crippen LogP contribution in [-0.4, -0.2) is 33.5 Å². The smallest absolute Gasteiger partial charge is 0.270 e. The van der Waals surface area contributed by atoms with Crippen molar-refractivity contribution in [2.75, 3.05) is 16.8 Å². The minimum Gasteiger partial charge on any atom is -0.312 e. The lowest BCUT2D eigenvalue weighted by molar-refractivity contribution is -0.384. The Balaban J connectivity index is 1.46. The lowest BCUT2D eigenvalue weighted by Gasteiger charge is -2.17. The molecule has 1 N–H and O–H groups in total. The summed E-state index contributed by atoms with van der Waals surface area (Å²) in [4.78, 5) is 36.9. The molecule has 1 aromatic heterocycles. The van der Waals surface area contributed by atoms with Gasteiger partial charge in [0.05, 0.1) is 4.92 Å². The topological polar surface area (TPSA) is 118 Å². The van der Waals surface area contributed by atoms with Crippen LogP contribution in [0.5, 0.6) is 0 Å². The number of benzene rings is 2. The zero-order valence-corrected chi connectivity index (χ0v) is 17.8. The Bertz CT molecular complexity index is 1200. The second-order valence-electron chi connectivity index (χ2n) is 7.05. The van der Waals surface area contributed by atoms with Crippen molar-refractivity contribution in [3.63, 3.8) is 0 Å². The number of nitrogens with zero attached hydrogens (tertiary/aromatic N) is 4. The van der Waals surface area contributed by atoms with Crippen molar-refractivity contribution in [1.82, 2.24) is 10.2 Å². The summed E-state index contributed by atoms with van der Waals surface area (Å²) < 4.78 is 0. The summed E-state index contributed by atoms with van der Waals surface area (Å²) in [5, 5.41) is 23.1. The van der Waals surface area contributed by atoms with Gasteiger partial charge in [0, 0.05) is 47.3 Å². The number of carbonyl (C=O) groups excluding carboxylic acids is 2. The lowest BCUT2D eigenvalue weighted by Crippen LogP contribution is -2.24. The molecule has 1 atom stereocenters. The van der Waals surface area contributed by atoms with Gasteiger partial charge in [-0.2, -0.15) is 0 Å². The van der Waals surface area contributed by atoms with Crippen molar-refractivity contribution in [3.05, 3.63) is 73.7 Å². The standard InChI is InChI=1S/C20H16ClN5O4S/c1-11-5-6-14(9-16(11)21)25-10-13(8-17(25)27)19-23-24-20(31-19)22-18(28)12-3-2-4-15(7-12)26(29)30/h2-7,9,13H,8,10H2,1H3,(H,22,24,28). The number of non-ortho nitro benzene ring substituents is 1. The molecule has 1 saturated heterocycles. The van der Waals surface area contributed by atoms with E-state index < -0.39 is 10.8 Å². The van der Waals surface area contributed by atoms with Gasteiger partial charge in [0.15, 0.2) is 0 Å². The molecular formula is C20H16ClN5O4S. The minimum atomic E-state index is -0.566. The number of hydrogen-bond donors (Lipinski definition) is 1. The van der Waals surface area contributed by atoms with Crippen LogP contribution in [0, 0.1) is 17.0 Å². The molecule has 1 aliphatic heterocycles. The molecule has 2 aromatic carbocycles. The molecule has 1 aliphatic rings. The number of aromatic nitrogens is 2. The number of nitrogens with one attached hydrogen (secondary N) is 1. The van der Waals surface area contributed by atoms with Crippen LogP contribution in [0.25, 0.3) is 0 Å². The highest BCUT2D eigenvalue weighted by atomic mass is 35.5. The van der Waals surface area contributed by atoms with Gasteiger partial charge in [0.25, 0.3) is 11.6 Å². The third-order valence-electron chi connectivity index (χ3n) is 4.92. The third kappa shape index (κ3) is 4.39. The van der Waals surface area contributed by atoms with Gasteiger partial charge in [0.2, 0.25) is 11.0 Å². The van der Waals surface area contributed by atoms with Gasteiger partial charge in [-0.15, -0.1) is 10.2 Å². The molecule has 0 radical (unpaired) electrons. The fraction of sp³-hybridized carbons (Fsp3) is 0.200. The SMILES string of the molecule is Cc1ccc(N2CC(c3nnc(NC(=O)c4cccc([N+](=O)[O-])c4)s3)CC2=O)cc1Cl. The van der Waals surface area contributed by atoms with E-state index in [0.717, 1.165) is 11.3 Å². The second-order valence-corrected chi connectivity index (χ2v) is 8.46. The lowest BCUT2D eigenvalue weighted by atomic mass is 10.1. The van der Waals surface area contributed by atoms with Crippen LogP contribution in [0.15, 0.2) is 42.5 Å². The highest BCUT2D eigenvalue weighted by Crippen LogP contribution is 2.35. The Morgan fingerprint density at radius 2 is 2.10 bits per heavy atom. The molecule has 158 valence electrons. The molecule has 0 spiro atoms.